The minimum atomic E-state index is 0.703. The molecule has 0 unspecified atom stereocenters. The van der Waals surface area contributed by atoms with Crippen LogP contribution in [-0.2, 0) is 12.8 Å². The van der Waals surface area contributed by atoms with Gasteiger partial charge in [0, 0.05) is 5.69 Å². The molecule has 0 aliphatic heterocycles. The SMILES string of the molecule is CCc1cc(-c2ccc(CC(C)C)cc2)ccc1N. The molecule has 1 nitrogen and oxygen atoms in total. The molecule has 2 aromatic carbocycles. The summed E-state index contributed by atoms with van der Waals surface area (Å²) >= 11 is 0. The molecule has 100 valence electrons. The van der Waals surface area contributed by atoms with Gasteiger partial charge in [-0.05, 0) is 53.1 Å². The van der Waals surface area contributed by atoms with Gasteiger partial charge in [0.25, 0.3) is 0 Å². The lowest BCUT2D eigenvalue weighted by Gasteiger charge is -2.09. The second kappa shape index (κ2) is 5.92. The van der Waals surface area contributed by atoms with Gasteiger partial charge in [-0.3, -0.25) is 0 Å². The summed E-state index contributed by atoms with van der Waals surface area (Å²) in [7, 11) is 0. The van der Waals surface area contributed by atoms with E-state index >= 15 is 0 Å². The minimum absolute atomic E-state index is 0.703. The third kappa shape index (κ3) is 3.37. The predicted octanol–water partition coefficient (Wildman–Crippen LogP) is 4.70. The number of hydrogen-bond acceptors (Lipinski definition) is 1. The highest BCUT2D eigenvalue weighted by molar-refractivity contribution is 5.68. The van der Waals surface area contributed by atoms with Crippen LogP contribution in [0.3, 0.4) is 0 Å². The molecule has 0 spiro atoms. The zero-order chi connectivity index (χ0) is 13.8. The van der Waals surface area contributed by atoms with Crippen LogP contribution in [0.2, 0.25) is 0 Å². The Kier molecular flexibility index (Phi) is 4.26. The standard InChI is InChI=1S/C18H23N/c1-4-15-12-17(9-10-18(15)19)16-7-5-14(6-8-16)11-13(2)3/h5-10,12-13H,4,11,19H2,1-3H3. The van der Waals surface area contributed by atoms with Gasteiger partial charge in [-0.25, -0.2) is 0 Å². The summed E-state index contributed by atoms with van der Waals surface area (Å²) in [5, 5.41) is 0. The summed E-state index contributed by atoms with van der Waals surface area (Å²) in [6.45, 7) is 6.64. The normalized spacial score (nSPS) is 10.9. The van der Waals surface area contributed by atoms with Crippen molar-refractivity contribution < 1.29 is 0 Å². The van der Waals surface area contributed by atoms with Crippen LogP contribution < -0.4 is 5.73 Å². The summed E-state index contributed by atoms with van der Waals surface area (Å²) < 4.78 is 0. The molecule has 0 radical (unpaired) electrons. The zero-order valence-corrected chi connectivity index (χ0v) is 12.1. The van der Waals surface area contributed by atoms with E-state index in [4.69, 9.17) is 5.73 Å². The third-order valence-electron chi connectivity index (χ3n) is 3.46. The van der Waals surface area contributed by atoms with Gasteiger partial charge in [0.15, 0.2) is 0 Å². The van der Waals surface area contributed by atoms with Crippen molar-refractivity contribution in [1.82, 2.24) is 0 Å². The summed E-state index contributed by atoms with van der Waals surface area (Å²) in [5.74, 6) is 0.703. The molecule has 2 N–H and O–H groups in total. The number of benzene rings is 2. The van der Waals surface area contributed by atoms with E-state index in [0.29, 0.717) is 5.92 Å². The van der Waals surface area contributed by atoms with Crippen LogP contribution in [0.25, 0.3) is 11.1 Å². The number of aryl methyl sites for hydroxylation is 1. The molecule has 0 atom stereocenters. The van der Waals surface area contributed by atoms with Gasteiger partial charge in [0.2, 0.25) is 0 Å². The van der Waals surface area contributed by atoms with E-state index in [1.807, 2.05) is 6.07 Å². The number of nitrogens with two attached hydrogens (primary N) is 1. The average molecular weight is 253 g/mol. The van der Waals surface area contributed by atoms with Gasteiger partial charge in [-0.2, -0.15) is 0 Å². The molecule has 0 saturated heterocycles. The first-order valence-corrected chi connectivity index (χ1v) is 7.08. The summed E-state index contributed by atoms with van der Waals surface area (Å²) in [4.78, 5) is 0. The van der Waals surface area contributed by atoms with Gasteiger partial charge >= 0.3 is 0 Å². The highest BCUT2D eigenvalue weighted by Crippen LogP contribution is 2.25. The Hall–Kier alpha value is -1.76. The Morgan fingerprint density at radius 3 is 2.16 bits per heavy atom. The molecule has 0 heterocycles. The minimum Gasteiger partial charge on any atom is -0.399 e. The van der Waals surface area contributed by atoms with Crippen molar-refractivity contribution in [3.05, 3.63) is 53.6 Å². The highest BCUT2D eigenvalue weighted by atomic mass is 14.6. The smallest absolute Gasteiger partial charge is 0.0346 e. The van der Waals surface area contributed by atoms with Crippen molar-refractivity contribution in [3.8, 4) is 11.1 Å². The lowest BCUT2D eigenvalue weighted by molar-refractivity contribution is 0.647. The maximum Gasteiger partial charge on any atom is 0.0346 e. The van der Waals surface area contributed by atoms with Crippen LogP contribution in [0.4, 0.5) is 5.69 Å². The van der Waals surface area contributed by atoms with E-state index in [2.05, 4.69) is 57.2 Å². The molecular formula is C18H23N. The van der Waals surface area contributed by atoms with E-state index in [1.165, 1.54) is 22.3 Å². The van der Waals surface area contributed by atoms with Crippen LogP contribution in [0, 0.1) is 5.92 Å². The second-order valence-electron chi connectivity index (χ2n) is 5.56. The van der Waals surface area contributed by atoms with E-state index in [9.17, 15) is 0 Å². The zero-order valence-electron chi connectivity index (χ0n) is 12.1. The fourth-order valence-electron chi connectivity index (χ4n) is 2.40. The van der Waals surface area contributed by atoms with Crippen molar-refractivity contribution in [2.45, 2.75) is 33.6 Å². The Morgan fingerprint density at radius 1 is 0.947 bits per heavy atom. The average Bonchev–Trinajstić information content (AvgIpc) is 2.40. The number of nitrogen functional groups attached to an aromatic ring is 1. The first-order chi connectivity index (χ1) is 9.10. The second-order valence-corrected chi connectivity index (χ2v) is 5.56. The molecule has 0 aromatic heterocycles. The van der Waals surface area contributed by atoms with Crippen molar-refractivity contribution in [2.75, 3.05) is 5.73 Å². The van der Waals surface area contributed by atoms with Crippen molar-refractivity contribution in [3.63, 3.8) is 0 Å². The van der Waals surface area contributed by atoms with Crippen LogP contribution in [0.15, 0.2) is 42.5 Å². The van der Waals surface area contributed by atoms with Gasteiger partial charge in [-0.1, -0.05) is 51.1 Å². The van der Waals surface area contributed by atoms with Crippen molar-refractivity contribution >= 4 is 5.69 Å². The van der Waals surface area contributed by atoms with E-state index in [-0.39, 0.29) is 0 Å². The van der Waals surface area contributed by atoms with Crippen molar-refractivity contribution in [1.29, 1.82) is 0 Å². The molecule has 0 saturated carbocycles. The Bertz CT molecular complexity index is 538. The van der Waals surface area contributed by atoms with Gasteiger partial charge < -0.3 is 5.73 Å². The van der Waals surface area contributed by atoms with E-state index < -0.39 is 0 Å². The third-order valence-corrected chi connectivity index (χ3v) is 3.46. The van der Waals surface area contributed by atoms with E-state index in [1.54, 1.807) is 0 Å². The van der Waals surface area contributed by atoms with Gasteiger partial charge in [0.05, 0.1) is 0 Å². The Morgan fingerprint density at radius 2 is 1.58 bits per heavy atom. The molecule has 0 amide bonds. The van der Waals surface area contributed by atoms with Gasteiger partial charge in [0.1, 0.15) is 0 Å². The van der Waals surface area contributed by atoms with Crippen LogP contribution in [-0.4, -0.2) is 0 Å². The maximum atomic E-state index is 5.96. The summed E-state index contributed by atoms with van der Waals surface area (Å²) in [5.41, 5.74) is 12.0. The molecule has 0 bridgehead atoms. The maximum absolute atomic E-state index is 5.96. The van der Waals surface area contributed by atoms with Crippen LogP contribution in [0.1, 0.15) is 31.9 Å². The quantitative estimate of drug-likeness (QED) is 0.785. The largest absolute Gasteiger partial charge is 0.399 e. The first kappa shape index (κ1) is 13.7. The number of rotatable bonds is 4. The highest BCUT2D eigenvalue weighted by Gasteiger charge is 2.03. The summed E-state index contributed by atoms with van der Waals surface area (Å²) in [6, 6.07) is 15.2. The fraction of sp³-hybridized carbons (Fsp3) is 0.333. The fourth-order valence-corrected chi connectivity index (χ4v) is 2.40. The Labute approximate surface area is 116 Å². The van der Waals surface area contributed by atoms with Crippen LogP contribution >= 0.6 is 0 Å². The molecule has 2 rings (SSSR count). The molecule has 0 aliphatic rings. The molecule has 19 heavy (non-hydrogen) atoms. The Balaban J connectivity index is 2.27. The molecule has 1 heteroatoms. The number of anilines is 1. The molecule has 2 aromatic rings. The topological polar surface area (TPSA) is 26.0 Å². The molecular weight excluding hydrogens is 230 g/mol. The first-order valence-electron chi connectivity index (χ1n) is 7.08. The lowest BCUT2D eigenvalue weighted by atomic mass is 9.97. The lowest BCUT2D eigenvalue weighted by Crippen LogP contribution is -1.94. The van der Waals surface area contributed by atoms with Crippen molar-refractivity contribution in [2.24, 2.45) is 5.92 Å². The number of hydrogen-bond donors (Lipinski definition) is 1. The van der Waals surface area contributed by atoms with Gasteiger partial charge in [-0.15, -0.1) is 0 Å². The summed E-state index contributed by atoms with van der Waals surface area (Å²) in [6.07, 6.45) is 2.12. The van der Waals surface area contributed by atoms with Crippen LogP contribution in [0.5, 0.6) is 0 Å². The molecule has 0 fully saturated rings. The molecule has 0 aliphatic carbocycles. The monoisotopic (exact) mass is 253 g/mol. The predicted molar refractivity (Wildman–Crippen MR) is 84.2 cm³/mol. The van der Waals surface area contributed by atoms with E-state index in [0.717, 1.165) is 18.5 Å².